The molecule has 0 atom stereocenters. The van der Waals surface area contributed by atoms with Crippen molar-refractivity contribution in [3.63, 3.8) is 0 Å². The highest BCUT2D eigenvalue weighted by Crippen LogP contribution is 2.33. The van der Waals surface area contributed by atoms with Gasteiger partial charge in [0, 0.05) is 22.7 Å². The molecule has 0 radical (unpaired) electrons. The molecule has 4 rings (SSSR count). The van der Waals surface area contributed by atoms with Gasteiger partial charge in [-0.15, -0.1) is 0 Å². The van der Waals surface area contributed by atoms with Crippen LogP contribution in [0.4, 0.5) is 13.2 Å². The van der Waals surface area contributed by atoms with Gasteiger partial charge in [0.05, 0.1) is 23.7 Å². The van der Waals surface area contributed by atoms with Crippen LogP contribution in [0.1, 0.15) is 21.6 Å². The van der Waals surface area contributed by atoms with Gasteiger partial charge in [-0.1, -0.05) is 36.4 Å². The highest BCUT2D eigenvalue weighted by atomic mass is 19.4. The minimum atomic E-state index is -4.78. The maximum Gasteiger partial charge on any atom is 0.434 e. The zero-order chi connectivity index (χ0) is 20.4. The normalized spacial score (nSPS) is 12.0. The van der Waals surface area contributed by atoms with Crippen LogP contribution in [-0.2, 0) is 6.18 Å². The summed E-state index contributed by atoms with van der Waals surface area (Å²) in [5, 5.41) is 8.42. The van der Waals surface area contributed by atoms with Crippen molar-refractivity contribution >= 4 is 23.0 Å². The third-order valence-electron chi connectivity index (χ3n) is 4.27. The summed E-state index contributed by atoms with van der Waals surface area (Å²) in [7, 11) is 0. The van der Waals surface area contributed by atoms with E-state index < -0.39 is 23.3 Å². The number of aromatic amines is 1. The lowest BCUT2D eigenvalue weighted by Crippen LogP contribution is -2.23. The summed E-state index contributed by atoms with van der Waals surface area (Å²) >= 11 is 0. The molecule has 6 nitrogen and oxygen atoms in total. The first kappa shape index (κ1) is 18.5. The quantitative estimate of drug-likeness (QED) is 0.401. The van der Waals surface area contributed by atoms with Crippen molar-refractivity contribution in [2.75, 3.05) is 0 Å². The summed E-state index contributed by atoms with van der Waals surface area (Å²) in [6.07, 6.45) is -0.841. The molecule has 0 saturated carbocycles. The Bertz CT molecular complexity index is 1190. The Balaban J connectivity index is 1.61. The number of H-pyrrole nitrogens is 1. The number of hydrogen-bond donors (Lipinski definition) is 2. The number of carbonyl (C=O) groups is 1. The van der Waals surface area contributed by atoms with Crippen molar-refractivity contribution in [2.24, 2.45) is 5.10 Å². The van der Waals surface area contributed by atoms with Crippen LogP contribution in [0.3, 0.4) is 0 Å². The van der Waals surface area contributed by atoms with Gasteiger partial charge in [-0.3, -0.25) is 4.79 Å². The molecule has 0 bridgehead atoms. The average Bonchev–Trinajstić information content (AvgIpc) is 3.33. The predicted octanol–water partition coefficient (Wildman–Crippen LogP) is 4.14. The molecular formula is C20H14F3N5O. The van der Waals surface area contributed by atoms with E-state index in [0.29, 0.717) is 10.2 Å². The van der Waals surface area contributed by atoms with Gasteiger partial charge < -0.3 is 4.98 Å². The number of aromatic nitrogens is 3. The number of hydrogen-bond acceptors (Lipinski definition) is 3. The minimum absolute atomic E-state index is 0.196. The Kier molecular flexibility index (Phi) is 4.63. The molecule has 146 valence electrons. The molecule has 0 aliphatic rings. The summed E-state index contributed by atoms with van der Waals surface area (Å²) in [6.45, 7) is 0. The second-order valence-corrected chi connectivity index (χ2v) is 6.14. The van der Waals surface area contributed by atoms with Crippen LogP contribution in [0.2, 0.25) is 0 Å². The second kappa shape index (κ2) is 7.27. The van der Waals surface area contributed by atoms with E-state index in [-0.39, 0.29) is 5.69 Å². The van der Waals surface area contributed by atoms with E-state index in [1.54, 1.807) is 24.4 Å². The van der Waals surface area contributed by atoms with Crippen LogP contribution in [-0.4, -0.2) is 26.9 Å². The summed E-state index contributed by atoms with van der Waals surface area (Å²) in [6, 6.07) is 15.2. The highest BCUT2D eigenvalue weighted by Gasteiger charge is 2.40. The molecule has 0 fully saturated rings. The summed E-state index contributed by atoms with van der Waals surface area (Å²) in [5.74, 6) is -1.00. The number of fused-ring (bicyclic) bond motifs is 1. The first-order valence-corrected chi connectivity index (χ1v) is 8.55. The number of nitrogens with one attached hydrogen (secondary N) is 2. The Morgan fingerprint density at radius 2 is 1.83 bits per heavy atom. The first-order valence-electron chi connectivity index (χ1n) is 8.55. The molecular weight excluding hydrogens is 383 g/mol. The van der Waals surface area contributed by atoms with Gasteiger partial charge >= 0.3 is 6.18 Å². The number of rotatable bonds is 4. The molecule has 0 aliphatic carbocycles. The van der Waals surface area contributed by atoms with Crippen molar-refractivity contribution in [3.8, 4) is 5.69 Å². The number of carbonyl (C=O) groups excluding carboxylic acids is 1. The summed E-state index contributed by atoms with van der Waals surface area (Å²) in [5.41, 5.74) is 2.13. The van der Waals surface area contributed by atoms with E-state index in [1.165, 1.54) is 18.3 Å². The van der Waals surface area contributed by atoms with Gasteiger partial charge in [0.2, 0.25) is 0 Å². The second-order valence-electron chi connectivity index (χ2n) is 6.14. The Morgan fingerprint density at radius 1 is 1.10 bits per heavy atom. The van der Waals surface area contributed by atoms with Crippen LogP contribution < -0.4 is 5.43 Å². The maximum atomic E-state index is 13.6. The number of amides is 1. The molecule has 0 spiro atoms. The lowest BCUT2D eigenvalue weighted by Gasteiger charge is -2.12. The highest BCUT2D eigenvalue weighted by molar-refractivity contribution is 6.00. The number of alkyl halides is 3. The van der Waals surface area contributed by atoms with E-state index >= 15 is 0 Å². The Morgan fingerprint density at radius 3 is 2.59 bits per heavy atom. The monoisotopic (exact) mass is 397 g/mol. The molecule has 0 unspecified atom stereocenters. The van der Waals surface area contributed by atoms with Gasteiger partial charge in [-0.25, -0.2) is 10.1 Å². The van der Waals surface area contributed by atoms with E-state index in [1.807, 2.05) is 24.3 Å². The van der Waals surface area contributed by atoms with Crippen molar-refractivity contribution < 1.29 is 18.0 Å². The summed E-state index contributed by atoms with van der Waals surface area (Å²) < 4.78 is 41.6. The molecule has 1 amide bonds. The predicted molar refractivity (Wildman–Crippen MR) is 102 cm³/mol. The van der Waals surface area contributed by atoms with Crippen molar-refractivity contribution in [1.82, 2.24) is 20.2 Å². The number of hydrazone groups is 1. The number of benzene rings is 2. The smallest absolute Gasteiger partial charge is 0.361 e. The van der Waals surface area contributed by atoms with Crippen molar-refractivity contribution in [3.05, 3.63) is 83.8 Å². The van der Waals surface area contributed by atoms with E-state index in [4.69, 9.17) is 0 Å². The SMILES string of the molecule is O=C(N/N=C/c1c[nH]c2ccccc12)c1cnn(-c2ccccc2)c1C(F)(F)F. The number of halogens is 3. The Labute approximate surface area is 162 Å². The van der Waals surface area contributed by atoms with Gasteiger partial charge in [-0.2, -0.15) is 23.4 Å². The van der Waals surface area contributed by atoms with E-state index in [2.05, 4.69) is 20.6 Å². The summed E-state index contributed by atoms with van der Waals surface area (Å²) in [4.78, 5) is 15.4. The Hall–Kier alpha value is -3.88. The average molecular weight is 397 g/mol. The topological polar surface area (TPSA) is 75.1 Å². The van der Waals surface area contributed by atoms with Crippen LogP contribution in [0.5, 0.6) is 0 Å². The molecule has 2 aromatic carbocycles. The molecule has 2 N–H and O–H groups in total. The van der Waals surface area contributed by atoms with E-state index in [0.717, 1.165) is 17.1 Å². The van der Waals surface area contributed by atoms with Crippen molar-refractivity contribution in [1.29, 1.82) is 0 Å². The zero-order valence-electron chi connectivity index (χ0n) is 14.8. The lowest BCUT2D eigenvalue weighted by atomic mass is 10.2. The molecule has 0 aliphatic heterocycles. The minimum Gasteiger partial charge on any atom is -0.361 e. The van der Waals surface area contributed by atoms with Crippen LogP contribution in [0.25, 0.3) is 16.6 Å². The van der Waals surface area contributed by atoms with Crippen LogP contribution in [0, 0.1) is 0 Å². The van der Waals surface area contributed by atoms with Gasteiger partial charge in [0.1, 0.15) is 0 Å². The third-order valence-corrected chi connectivity index (χ3v) is 4.27. The van der Waals surface area contributed by atoms with Gasteiger partial charge in [-0.05, 0) is 18.2 Å². The third kappa shape index (κ3) is 3.62. The largest absolute Gasteiger partial charge is 0.434 e. The molecule has 2 aromatic heterocycles. The van der Waals surface area contributed by atoms with Gasteiger partial charge in [0.15, 0.2) is 5.69 Å². The fraction of sp³-hybridized carbons (Fsp3) is 0.0500. The first-order chi connectivity index (χ1) is 13.9. The fourth-order valence-corrected chi connectivity index (χ4v) is 2.97. The van der Waals surface area contributed by atoms with Gasteiger partial charge in [0.25, 0.3) is 5.91 Å². The number of nitrogens with zero attached hydrogens (tertiary/aromatic N) is 3. The fourth-order valence-electron chi connectivity index (χ4n) is 2.97. The molecule has 2 heterocycles. The zero-order valence-corrected chi connectivity index (χ0v) is 14.8. The molecule has 0 saturated heterocycles. The van der Waals surface area contributed by atoms with Crippen LogP contribution >= 0.6 is 0 Å². The molecule has 29 heavy (non-hydrogen) atoms. The van der Waals surface area contributed by atoms with Crippen molar-refractivity contribution in [2.45, 2.75) is 6.18 Å². The van der Waals surface area contributed by atoms with Crippen LogP contribution in [0.15, 0.2) is 72.1 Å². The molecule has 9 heteroatoms. The maximum absolute atomic E-state index is 13.6. The molecule has 4 aromatic rings. The number of para-hydroxylation sites is 2. The standard InChI is InChI=1S/C20H14F3N5O/c21-20(22,23)18-16(12-26-28(18)14-6-2-1-3-7-14)19(29)27-25-11-13-10-24-17-9-5-4-8-15(13)17/h1-12,24H,(H,27,29)/b25-11+. The lowest BCUT2D eigenvalue weighted by molar-refractivity contribution is -0.143. The van der Waals surface area contributed by atoms with E-state index in [9.17, 15) is 18.0 Å².